The van der Waals surface area contributed by atoms with Crippen LogP contribution in [0.1, 0.15) is 10.4 Å². The monoisotopic (exact) mass is 386 g/mol. The Kier molecular flexibility index (Phi) is 5.68. The fourth-order valence-corrected chi connectivity index (χ4v) is 2.33. The first-order valence-electron chi connectivity index (χ1n) is 7.85. The molecule has 0 radical (unpaired) electrons. The van der Waals surface area contributed by atoms with Crippen molar-refractivity contribution in [3.8, 4) is 17.2 Å². The predicted octanol–water partition coefficient (Wildman–Crippen LogP) is 3.17. The zero-order chi connectivity index (χ0) is 19.2. The number of hydrogen-bond donors (Lipinski definition) is 2. The predicted molar refractivity (Wildman–Crippen MR) is 100 cm³/mol. The van der Waals surface area contributed by atoms with Crippen LogP contribution in [0.3, 0.4) is 0 Å². The average molecular weight is 387 g/mol. The maximum atomic E-state index is 12.5. The van der Waals surface area contributed by atoms with E-state index in [0.717, 1.165) is 0 Å². The number of anilines is 2. The molecule has 0 atom stereocenters. The van der Waals surface area contributed by atoms with Crippen LogP contribution in [0.25, 0.3) is 11.5 Å². The van der Waals surface area contributed by atoms with Crippen molar-refractivity contribution >= 4 is 35.1 Å². The summed E-state index contributed by atoms with van der Waals surface area (Å²) in [5.74, 6) is -0.203. The van der Waals surface area contributed by atoms with E-state index in [1.165, 1.54) is 0 Å². The van der Waals surface area contributed by atoms with Gasteiger partial charge in [-0.1, -0.05) is 17.2 Å². The van der Waals surface area contributed by atoms with Crippen molar-refractivity contribution in [3.63, 3.8) is 0 Å². The molecule has 3 aromatic rings. The molecule has 8 nitrogen and oxygen atoms in total. The van der Waals surface area contributed by atoms with Gasteiger partial charge in [0, 0.05) is 5.56 Å². The molecule has 0 saturated carbocycles. The normalized spacial score (nSPS) is 10.3. The zero-order valence-electron chi connectivity index (χ0n) is 14.2. The number of aromatic nitrogens is 2. The topological polar surface area (TPSA) is 106 Å². The summed E-state index contributed by atoms with van der Waals surface area (Å²) >= 11 is 5.49. The number of benzene rings is 2. The Morgan fingerprint density at radius 2 is 1.81 bits per heavy atom. The molecule has 2 N–H and O–H groups in total. The molecular formula is C18H15ClN4O4. The lowest BCUT2D eigenvalue weighted by molar-refractivity contribution is -0.113. The van der Waals surface area contributed by atoms with Crippen molar-refractivity contribution < 1.29 is 18.7 Å². The molecular weight excluding hydrogens is 372 g/mol. The number of nitrogens with zero attached hydrogens (tertiary/aromatic N) is 2. The van der Waals surface area contributed by atoms with Crippen molar-refractivity contribution in [3.05, 3.63) is 54.1 Å². The van der Waals surface area contributed by atoms with Gasteiger partial charge in [-0.15, -0.1) is 16.7 Å². The van der Waals surface area contributed by atoms with E-state index >= 15 is 0 Å². The Labute approximate surface area is 159 Å². The second-order valence-corrected chi connectivity index (χ2v) is 5.59. The van der Waals surface area contributed by atoms with Gasteiger partial charge in [0.15, 0.2) is 0 Å². The van der Waals surface area contributed by atoms with Gasteiger partial charge < -0.3 is 14.5 Å². The summed E-state index contributed by atoms with van der Waals surface area (Å²) in [4.78, 5) is 24.0. The quantitative estimate of drug-likeness (QED) is 0.630. The largest absolute Gasteiger partial charge is 0.497 e. The van der Waals surface area contributed by atoms with E-state index in [-0.39, 0.29) is 23.3 Å². The summed E-state index contributed by atoms with van der Waals surface area (Å²) in [6.45, 7) is 0. The van der Waals surface area contributed by atoms with Crippen LogP contribution in [0, 0.1) is 0 Å². The summed E-state index contributed by atoms with van der Waals surface area (Å²) in [7, 11) is 1.57. The summed E-state index contributed by atoms with van der Waals surface area (Å²) < 4.78 is 10.6. The number of halogens is 1. The third kappa shape index (κ3) is 4.42. The highest BCUT2D eigenvalue weighted by atomic mass is 35.5. The first-order valence-corrected chi connectivity index (χ1v) is 8.38. The second-order valence-electron chi connectivity index (χ2n) is 5.32. The van der Waals surface area contributed by atoms with E-state index in [9.17, 15) is 9.59 Å². The fourth-order valence-electron chi connectivity index (χ4n) is 2.26. The molecule has 0 aliphatic carbocycles. The van der Waals surface area contributed by atoms with Gasteiger partial charge in [-0.3, -0.25) is 14.9 Å². The molecule has 0 saturated heterocycles. The highest BCUT2D eigenvalue weighted by Gasteiger charge is 2.16. The number of rotatable bonds is 6. The molecule has 27 heavy (non-hydrogen) atoms. The molecule has 0 aliphatic rings. The van der Waals surface area contributed by atoms with Gasteiger partial charge in [-0.05, 0) is 36.4 Å². The molecule has 0 bridgehead atoms. The van der Waals surface area contributed by atoms with Crippen molar-refractivity contribution in [2.45, 2.75) is 0 Å². The molecule has 3 rings (SSSR count). The molecule has 1 heterocycles. The standard InChI is InChI=1S/C18H15ClN4O4/c1-26-12-8-6-11(7-9-12)17-22-23-18(27-17)21-16(25)13-4-2-3-5-14(13)20-15(24)10-19/h2-9H,10H2,1H3,(H,20,24)(H,21,23,25). The third-order valence-electron chi connectivity index (χ3n) is 3.55. The number of carbonyl (C=O) groups is 2. The zero-order valence-corrected chi connectivity index (χ0v) is 15.0. The highest BCUT2D eigenvalue weighted by Crippen LogP contribution is 2.23. The van der Waals surface area contributed by atoms with Gasteiger partial charge in [-0.2, -0.15) is 0 Å². The number of alkyl halides is 1. The van der Waals surface area contributed by atoms with Crippen LogP contribution < -0.4 is 15.4 Å². The summed E-state index contributed by atoms with van der Waals surface area (Å²) in [5, 5.41) is 12.8. The number of para-hydroxylation sites is 1. The van der Waals surface area contributed by atoms with E-state index in [0.29, 0.717) is 17.0 Å². The number of hydrogen-bond acceptors (Lipinski definition) is 6. The SMILES string of the molecule is COc1ccc(-c2nnc(NC(=O)c3ccccc3NC(=O)CCl)o2)cc1. The smallest absolute Gasteiger partial charge is 0.322 e. The van der Waals surface area contributed by atoms with Crippen LogP contribution in [0.5, 0.6) is 5.75 Å². The minimum Gasteiger partial charge on any atom is -0.497 e. The Morgan fingerprint density at radius 1 is 1.07 bits per heavy atom. The molecule has 138 valence electrons. The minimum atomic E-state index is -0.509. The Hall–Kier alpha value is -3.39. The first kappa shape index (κ1) is 18.4. The molecule has 2 amide bonds. The van der Waals surface area contributed by atoms with Gasteiger partial charge in [0.1, 0.15) is 11.6 Å². The van der Waals surface area contributed by atoms with Crippen LogP contribution in [0.15, 0.2) is 52.9 Å². The van der Waals surface area contributed by atoms with E-state index in [4.69, 9.17) is 20.8 Å². The molecule has 1 aromatic heterocycles. The molecule has 9 heteroatoms. The Bertz CT molecular complexity index is 956. The van der Waals surface area contributed by atoms with E-state index in [2.05, 4.69) is 20.8 Å². The van der Waals surface area contributed by atoms with Crippen molar-refractivity contribution in [1.82, 2.24) is 10.2 Å². The van der Waals surface area contributed by atoms with Crippen LogP contribution in [0.4, 0.5) is 11.7 Å². The first-order chi connectivity index (χ1) is 13.1. The van der Waals surface area contributed by atoms with Gasteiger partial charge in [0.25, 0.3) is 5.91 Å². The molecule has 2 aromatic carbocycles. The summed E-state index contributed by atoms with van der Waals surface area (Å²) in [5.41, 5.74) is 1.24. The average Bonchev–Trinajstić information content (AvgIpc) is 3.16. The maximum Gasteiger partial charge on any atom is 0.322 e. The number of carbonyl (C=O) groups excluding carboxylic acids is 2. The van der Waals surface area contributed by atoms with E-state index in [1.54, 1.807) is 55.6 Å². The molecule has 0 aliphatic heterocycles. The van der Waals surface area contributed by atoms with Gasteiger partial charge >= 0.3 is 6.01 Å². The molecule has 0 unspecified atom stereocenters. The summed E-state index contributed by atoms with van der Waals surface area (Å²) in [6.07, 6.45) is 0. The van der Waals surface area contributed by atoms with Gasteiger partial charge in [0.2, 0.25) is 11.8 Å². The van der Waals surface area contributed by atoms with Crippen LogP contribution in [0.2, 0.25) is 0 Å². The lowest BCUT2D eigenvalue weighted by Crippen LogP contribution is -2.18. The second kappa shape index (κ2) is 8.33. The Balaban J connectivity index is 1.75. The lowest BCUT2D eigenvalue weighted by Gasteiger charge is -2.08. The van der Waals surface area contributed by atoms with E-state index < -0.39 is 11.8 Å². The fraction of sp³-hybridized carbons (Fsp3) is 0.111. The Morgan fingerprint density at radius 3 is 2.52 bits per heavy atom. The maximum absolute atomic E-state index is 12.5. The van der Waals surface area contributed by atoms with E-state index in [1.807, 2.05) is 0 Å². The number of ether oxygens (including phenoxy) is 1. The highest BCUT2D eigenvalue weighted by molar-refractivity contribution is 6.29. The number of methoxy groups -OCH3 is 1. The van der Waals surface area contributed by atoms with Crippen LogP contribution >= 0.6 is 11.6 Å². The number of amides is 2. The minimum absolute atomic E-state index is 0.0655. The van der Waals surface area contributed by atoms with Crippen molar-refractivity contribution in [1.29, 1.82) is 0 Å². The lowest BCUT2D eigenvalue weighted by atomic mass is 10.1. The summed E-state index contributed by atoms with van der Waals surface area (Å²) in [6, 6.07) is 13.5. The van der Waals surface area contributed by atoms with Crippen LogP contribution in [-0.2, 0) is 4.79 Å². The molecule has 0 spiro atoms. The van der Waals surface area contributed by atoms with Gasteiger partial charge in [0.05, 0.1) is 18.4 Å². The van der Waals surface area contributed by atoms with Crippen molar-refractivity contribution in [2.24, 2.45) is 0 Å². The van der Waals surface area contributed by atoms with Crippen LogP contribution in [-0.4, -0.2) is 35.0 Å². The third-order valence-corrected chi connectivity index (χ3v) is 3.79. The number of nitrogens with one attached hydrogen (secondary N) is 2. The van der Waals surface area contributed by atoms with Gasteiger partial charge in [-0.25, -0.2) is 0 Å². The van der Waals surface area contributed by atoms with Crippen molar-refractivity contribution in [2.75, 3.05) is 23.6 Å². The molecule has 0 fully saturated rings.